The molecule has 3 heterocycles. The Morgan fingerprint density at radius 2 is 1.96 bits per heavy atom. The molecule has 3 fully saturated rings. The SMILES string of the molecule is C=CC1CC1(CC(=O)[C@@H]1C[C@@H]2CN1C(=O)[C@H](C1CCCCC1)CC(=O)OCC(C)(C)CCCc1ccc3ccnc(c3c1)O2)P(=O)(O)OCC. The lowest BCUT2D eigenvalue weighted by atomic mass is 9.77. The Balaban J connectivity index is 1.37. The number of carbonyl (C=O) groups is 3. The molecule has 4 bridgehead atoms. The standard InChI is InChI=1S/C39H53N2O8P/c1-5-29-22-39(29,50(45,46)48-6-2)23-34(42)33-20-30-24-41(33)37(44)32(27-12-8-7-9-13-27)21-35(43)47-25-38(3,4)17-10-11-26-14-15-28-16-18-40-36(49-30)31(28)19-26/h5,14-16,18-19,27,29-30,32-33H,1,6-13,17,20-25H2,2-4H3,(H,45,46)/t29?,30-,32+,33+,39?/m1/s1. The van der Waals surface area contributed by atoms with Gasteiger partial charge in [0, 0.05) is 24.4 Å². The van der Waals surface area contributed by atoms with Crippen molar-refractivity contribution in [1.82, 2.24) is 9.88 Å². The third-order valence-electron chi connectivity index (χ3n) is 11.6. The molecule has 1 aromatic carbocycles. The Hall–Kier alpha value is -3.07. The molecule has 11 heteroatoms. The second-order valence-electron chi connectivity index (χ2n) is 15.8. The number of carbonyl (C=O) groups excluding carboxylic acids is 3. The molecular weight excluding hydrogens is 655 g/mol. The van der Waals surface area contributed by atoms with Crippen molar-refractivity contribution in [2.24, 2.45) is 23.2 Å². The number of allylic oxidation sites excluding steroid dienone is 1. The Kier molecular flexibility index (Phi) is 10.9. The minimum absolute atomic E-state index is 0.00758. The monoisotopic (exact) mass is 708 g/mol. The van der Waals surface area contributed by atoms with Gasteiger partial charge in [0.15, 0.2) is 5.78 Å². The van der Waals surface area contributed by atoms with Crippen molar-refractivity contribution < 1.29 is 37.8 Å². The summed E-state index contributed by atoms with van der Waals surface area (Å²) in [5.74, 6) is -1.51. The second-order valence-corrected chi connectivity index (χ2v) is 18.0. The number of hydrogen-bond acceptors (Lipinski definition) is 8. The number of fused-ring (bicyclic) bond motifs is 3. The average Bonchev–Trinajstić information content (AvgIpc) is 3.66. The van der Waals surface area contributed by atoms with Crippen LogP contribution in [0, 0.1) is 23.2 Å². The first-order valence-electron chi connectivity index (χ1n) is 18.5. The summed E-state index contributed by atoms with van der Waals surface area (Å²) in [4.78, 5) is 59.8. The largest absolute Gasteiger partial charge is 0.472 e. The fourth-order valence-corrected chi connectivity index (χ4v) is 10.5. The van der Waals surface area contributed by atoms with Gasteiger partial charge in [0.05, 0.1) is 43.3 Å². The smallest absolute Gasteiger partial charge is 0.335 e. The second kappa shape index (κ2) is 14.9. The molecule has 3 unspecified atom stereocenters. The topological polar surface area (TPSA) is 132 Å². The molecule has 2 aromatic rings. The lowest BCUT2D eigenvalue weighted by Crippen LogP contribution is -2.47. The van der Waals surface area contributed by atoms with Gasteiger partial charge in [0.25, 0.3) is 0 Å². The van der Waals surface area contributed by atoms with Crippen LogP contribution in [0.2, 0.25) is 0 Å². The highest BCUT2D eigenvalue weighted by molar-refractivity contribution is 7.55. The molecule has 2 aliphatic heterocycles. The fraction of sp³-hybridized carbons (Fsp3) is 0.641. The number of rotatable bonds is 8. The van der Waals surface area contributed by atoms with Gasteiger partial charge in [0.1, 0.15) is 6.10 Å². The van der Waals surface area contributed by atoms with E-state index in [-0.39, 0.29) is 68.0 Å². The zero-order chi connectivity index (χ0) is 35.7. The van der Waals surface area contributed by atoms with Crippen LogP contribution < -0.4 is 4.74 Å². The number of ketones is 1. The van der Waals surface area contributed by atoms with Gasteiger partial charge in [-0.1, -0.05) is 51.3 Å². The van der Waals surface area contributed by atoms with Crippen LogP contribution in [0.5, 0.6) is 5.88 Å². The lowest BCUT2D eigenvalue weighted by molar-refractivity contribution is -0.154. The molecule has 0 radical (unpaired) electrons. The van der Waals surface area contributed by atoms with Crippen LogP contribution in [-0.4, -0.2) is 69.5 Å². The summed E-state index contributed by atoms with van der Waals surface area (Å²) >= 11 is 0. The minimum Gasteiger partial charge on any atom is -0.472 e. The summed E-state index contributed by atoms with van der Waals surface area (Å²) in [6, 6.07) is 7.32. The van der Waals surface area contributed by atoms with Crippen molar-refractivity contribution >= 4 is 36.0 Å². The maximum absolute atomic E-state index is 14.8. The highest BCUT2D eigenvalue weighted by atomic mass is 31.2. The quantitative estimate of drug-likeness (QED) is 0.172. The van der Waals surface area contributed by atoms with Gasteiger partial charge in [0.2, 0.25) is 11.8 Å². The van der Waals surface area contributed by atoms with E-state index in [2.05, 4.69) is 43.6 Å². The molecule has 2 saturated carbocycles. The molecule has 1 saturated heterocycles. The first-order valence-corrected chi connectivity index (χ1v) is 20.1. The predicted molar refractivity (Wildman–Crippen MR) is 191 cm³/mol. The molecule has 1 aromatic heterocycles. The number of nitrogens with zero attached hydrogens (tertiary/aromatic N) is 2. The number of esters is 1. The van der Waals surface area contributed by atoms with E-state index in [1.54, 1.807) is 24.1 Å². The number of amides is 1. The van der Waals surface area contributed by atoms with Crippen molar-refractivity contribution in [3.8, 4) is 5.88 Å². The molecular formula is C39H53N2O8P. The number of Topliss-reactive ketones (excluding diaryl/α,β-unsaturated/α-hetero) is 1. The van der Waals surface area contributed by atoms with Gasteiger partial charge in [-0.05, 0) is 85.8 Å². The van der Waals surface area contributed by atoms with Crippen LogP contribution in [0.15, 0.2) is 43.1 Å². The van der Waals surface area contributed by atoms with Crippen molar-refractivity contribution in [1.29, 1.82) is 0 Å². The van der Waals surface area contributed by atoms with Gasteiger partial charge in [-0.15, -0.1) is 6.58 Å². The molecule has 1 N–H and O–H groups in total. The van der Waals surface area contributed by atoms with Crippen molar-refractivity contribution in [2.75, 3.05) is 19.8 Å². The number of hydrogen-bond donors (Lipinski definition) is 1. The highest BCUT2D eigenvalue weighted by Crippen LogP contribution is 2.73. The van der Waals surface area contributed by atoms with E-state index in [9.17, 15) is 23.8 Å². The third kappa shape index (κ3) is 7.73. The van der Waals surface area contributed by atoms with Gasteiger partial charge in [-0.3, -0.25) is 18.9 Å². The molecule has 2 aliphatic carbocycles. The molecule has 6 rings (SSSR count). The third-order valence-corrected chi connectivity index (χ3v) is 14.0. The van der Waals surface area contributed by atoms with Crippen LogP contribution >= 0.6 is 7.60 Å². The van der Waals surface area contributed by atoms with Crippen LogP contribution in [0.25, 0.3) is 10.8 Å². The Morgan fingerprint density at radius 3 is 2.68 bits per heavy atom. The van der Waals surface area contributed by atoms with Crippen molar-refractivity contribution in [2.45, 2.75) is 115 Å². The summed E-state index contributed by atoms with van der Waals surface area (Å²) in [6.45, 7) is 10.1. The zero-order valence-electron chi connectivity index (χ0n) is 29.8. The summed E-state index contributed by atoms with van der Waals surface area (Å²) in [6.07, 6.45) is 10.3. The van der Waals surface area contributed by atoms with Crippen LogP contribution in [0.1, 0.15) is 97.0 Å². The number of cyclic esters (lactones) is 1. The van der Waals surface area contributed by atoms with Gasteiger partial charge in [-0.2, -0.15) is 0 Å². The van der Waals surface area contributed by atoms with Gasteiger partial charge < -0.3 is 23.8 Å². The first kappa shape index (κ1) is 36.7. The maximum Gasteiger partial charge on any atom is 0.335 e. The van der Waals surface area contributed by atoms with Gasteiger partial charge in [-0.25, -0.2) is 4.98 Å². The highest BCUT2D eigenvalue weighted by Gasteiger charge is 2.66. The maximum atomic E-state index is 14.8. The average molecular weight is 709 g/mol. The molecule has 6 atom stereocenters. The Bertz CT molecular complexity index is 1650. The summed E-state index contributed by atoms with van der Waals surface area (Å²) in [7, 11) is -4.17. The lowest BCUT2D eigenvalue weighted by Gasteiger charge is -2.34. The fourth-order valence-electron chi connectivity index (χ4n) is 8.57. The number of aromatic nitrogens is 1. The van der Waals surface area contributed by atoms with E-state index in [0.717, 1.165) is 67.7 Å². The van der Waals surface area contributed by atoms with E-state index < -0.39 is 36.8 Å². The first-order chi connectivity index (χ1) is 23.9. The van der Waals surface area contributed by atoms with Crippen molar-refractivity contribution in [3.05, 3.63) is 48.7 Å². The number of benzene rings is 1. The molecule has 50 heavy (non-hydrogen) atoms. The van der Waals surface area contributed by atoms with E-state index in [0.29, 0.717) is 12.3 Å². The van der Waals surface area contributed by atoms with Crippen LogP contribution in [-0.2, 0) is 34.6 Å². The normalized spacial score (nSPS) is 30.5. The van der Waals surface area contributed by atoms with E-state index >= 15 is 0 Å². The van der Waals surface area contributed by atoms with E-state index in [1.807, 2.05) is 6.07 Å². The van der Waals surface area contributed by atoms with Crippen LogP contribution in [0.4, 0.5) is 0 Å². The Labute approximate surface area is 295 Å². The summed E-state index contributed by atoms with van der Waals surface area (Å²) in [5.41, 5.74) is 0.901. The van der Waals surface area contributed by atoms with E-state index in [1.165, 1.54) is 0 Å². The summed E-state index contributed by atoms with van der Waals surface area (Å²) in [5, 5.41) is 0.585. The Morgan fingerprint density at radius 1 is 1.18 bits per heavy atom. The molecule has 1 amide bonds. The zero-order valence-corrected chi connectivity index (χ0v) is 30.7. The van der Waals surface area contributed by atoms with Crippen LogP contribution in [0.3, 0.4) is 0 Å². The van der Waals surface area contributed by atoms with Gasteiger partial charge >= 0.3 is 13.6 Å². The summed E-state index contributed by atoms with van der Waals surface area (Å²) < 4.78 is 31.3. The minimum atomic E-state index is -4.17. The van der Waals surface area contributed by atoms with Crippen molar-refractivity contribution in [3.63, 3.8) is 0 Å². The van der Waals surface area contributed by atoms with E-state index in [4.69, 9.17) is 14.0 Å². The molecule has 4 aliphatic rings. The number of aryl methyl sites for hydroxylation is 1. The number of pyridine rings is 1. The molecule has 0 spiro atoms. The number of ether oxygens (including phenoxy) is 2. The predicted octanol–water partition coefficient (Wildman–Crippen LogP) is 7.20. The molecule has 10 nitrogen and oxygen atoms in total. The molecule has 272 valence electrons.